The van der Waals surface area contributed by atoms with E-state index in [1.54, 1.807) is 69.1 Å². The smallest absolute Gasteiger partial charge is 0.331 e. The van der Waals surface area contributed by atoms with E-state index in [1.165, 1.54) is 17.1 Å². The molecular weight excluding hydrogens is 887 g/mol. The average Bonchev–Trinajstić information content (AvgIpc) is 3.33. The number of Topliss-reactive ketones (excluding diaryl/α,β-unsaturated/α-hetero) is 1. The van der Waals surface area contributed by atoms with Crippen molar-refractivity contribution in [1.82, 2.24) is 4.90 Å². The fourth-order valence-electron chi connectivity index (χ4n) is 9.42. The summed E-state index contributed by atoms with van der Waals surface area (Å²) in [5.74, 6) is -2.51. The quantitative estimate of drug-likeness (QED) is 0.0763. The van der Waals surface area contributed by atoms with E-state index in [2.05, 4.69) is 13.0 Å². The fraction of sp³-hybridized carbons (Fsp3) is 0.704. The molecule has 0 aromatic carbocycles. The number of hydrogen-bond donors (Lipinski definition) is 1. The summed E-state index contributed by atoms with van der Waals surface area (Å²) in [6, 6.07) is 0. The predicted molar refractivity (Wildman–Crippen MR) is 266 cm³/mol. The molecule has 0 aromatic heterocycles. The molecule has 1 N–H and O–H groups in total. The molecule has 0 aromatic rings. The summed E-state index contributed by atoms with van der Waals surface area (Å²) in [7, 11) is 13.0. The van der Waals surface area contributed by atoms with Gasteiger partial charge >= 0.3 is 11.9 Å². The lowest BCUT2D eigenvalue weighted by molar-refractivity contribution is -0.160. The minimum Gasteiger partial charge on any atom is -0.458 e. The molecule has 2 heterocycles. The third kappa shape index (κ3) is 20.1. The highest BCUT2D eigenvalue weighted by Crippen LogP contribution is 2.33. The van der Waals surface area contributed by atoms with Crippen LogP contribution in [0.1, 0.15) is 93.4 Å². The molecule has 15 heteroatoms. The molecule has 2 bridgehead atoms. The van der Waals surface area contributed by atoms with Gasteiger partial charge in [0.1, 0.15) is 24.1 Å². The Morgan fingerprint density at radius 2 is 1.45 bits per heavy atom. The second-order valence-electron chi connectivity index (χ2n) is 19.0. The fourth-order valence-corrected chi connectivity index (χ4v) is 9.42. The van der Waals surface area contributed by atoms with Crippen LogP contribution in [0.25, 0.3) is 0 Å². The highest BCUT2D eigenvalue weighted by atomic mass is 16.6. The van der Waals surface area contributed by atoms with Crippen molar-refractivity contribution in [3.63, 3.8) is 0 Å². The predicted octanol–water partition coefficient (Wildman–Crippen LogP) is 7.56. The monoisotopic (exact) mass is 974 g/mol. The molecule has 0 saturated carbocycles. The van der Waals surface area contributed by atoms with E-state index in [4.69, 9.17) is 42.6 Å². The van der Waals surface area contributed by atoms with E-state index in [1.807, 2.05) is 71.9 Å². The van der Waals surface area contributed by atoms with Crippen LogP contribution in [0.15, 0.2) is 72.0 Å². The zero-order valence-electron chi connectivity index (χ0n) is 44.2. The van der Waals surface area contributed by atoms with Crippen molar-refractivity contribution in [2.45, 2.75) is 154 Å². The summed E-state index contributed by atoms with van der Waals surface area (Å²) in [6.45, 7) is 13.8. The Bertz CT molecular complexity index is 1740. The van der Waals surface area contributed by atoms with Gasteiger partial charge in [-0.25, -0.2) is 9.59 Å². The SMILES string of the molecule is COC1/C=C/C(C)C(C(C)C(OC)C(C)CCC(=O)C(C)C(C/C=C/N(C)C=O)OC)OC(=O)/C=C/C=C(\C)CC(OC)CC2=CC(=O)O[C@@H](C(C)C(OC)CC(OC)/C=C/C(C)C(OC)C1)[C@H]2O. The van der Waals surface area contributed by atoms with Gasteiger partial charge in [-0.15, -0.1) is 0 Å². The summed E-state index contributed by atoms with van der Waals surface area (Å²) >= 11 is 0. The van der Waals surface area contributed by atoms with Crippen LogP contribution in [0.4, 0.5) is 0 Å². The van der Waals surface area contributed by atoms with E-state index in [0.29, 0.717) is 50.5 Å². The zero-order valence-corrected chi connectivity index (χ0v) is 44.2. The summed E-state index contributed by atoms with van der Waals surface area (Å²) < 4.78 is 53.5. The number of amides is 1. The van der Waals surface area contributed by atoms with Gasteiger partial charge in [0.2, 0.25) is 6.41 Å². The molecule has 69 heavy (non-hydrogen) atoms. The van der Waals surface area contributed by atoms with Gasteiger partial charge in [0, 0.05) is 124 Å². The van der Waals surface area contributed by atoms with Crippen molar-refractivity contribution in [3.05, 3.63) is 72.0 Å². The first kappa shape index (κ1) is 61.3. The molecule has 2 aliphatic heterocycles. The van der Waals surface area contributed by atoms with Crippen LogP contribution >= 0.6 is 0 Å². The molecule has 0 spiro atoms. The Labute approximate surface area is 413 Å². The molecule has 392 valence electrons. The summed E-state index contributed by atoms with van der Waals surface area (Å²) in [4.78, 5) is 52.5. The van der Waals surface area contributed by atoms with E-state index in [-0.39, 0.29) is 84.3 Å². The first-order valence-electron chi connectivity index (χ1n) is 24.4. The van der Waals surface area contributed by atoms with Crippen molar-refractivity contribution in [2.75, 3.05) is 56.8 Å². The second kappa shape index (κ2) is 32.2. The Balaban J connectivity index is 2.52. The number of hydrogen-bond acceptors (Lipinski definition) is 14. The minimum absolute atomic E-state index is 0.0553. The molecule has 0 fully saturated rings. The number of nitrogens with zero attached hydrogens (tertiary/aromatic N) is 1. The second-order valence-corrected chi connectivity index (χ2v) is 19.0. The third-order valence-corrected chi connectivity index (χ3v) is 14.0. The maximum absolute atomic E-state index is 13.7. The number of aliphatic hydroxyl groups is 1. The number of methoxy groups -OCH3 is 7. The summed E-state index contributed by atoms with van der Waals surface area (Å²) in [6.07, 6.45) is 16.4. The maximum atomic E-state index is 13.7. The van der Waals surface area contributed by atoms with Crippen LogP contribution < -0.4 is 0 Å². The first-order valence-corrected chi connectivity index (χ1v) is 24.4. The zero-order chi connectivity index (χ0) is 51.8. The molecule has 2 rings (SSSR count). The van der Waals surface area contributed by atoms with Crippen molar-refractivity contribution < 1.29 is 66.9 Å². The molecule has 15 nitrogen and oxygen atoms in total. The average molecular weight is 974 g/mol. The standard InChI is InChI=1S/C54H87NO14/c1-34-18-16-20-49(58)68-53(40(7)52(67-15)36(3)23-26-45(57)38(5)46(64-12)19-17-27-55(8)33-56)37(4)22-25-42(61-9)31-47(65-13)35(2)21-24-43(62-10)32-48(66-14)39(6)54-51(60)41(30-50(59)69-54)29-44(28-34)63-11/h16-18,20-22,24-25,27,30,33,35-40,42-44,46-48,51-54,60H,19,23,26,28-29,31-32H2,1-15H3/b20-16+,24-21+,25-22+,27-17+,34-18+/t35?,36?,37?,38?,39?,40?,42?,43?,44?,46?,47?,48?,51-,52?,53?,54-/m0/s1. The van der Waals surface area contributed by atoms with Gasteiger partial charge in [-0.05, 0) is 44.1 Å². The molecule has 2 aliphatic rings. The largest absolute Gasteiger partial charge is 0.458 e. The van der Waals surface area contributed by atoms with Gasteiger partial charge in [-0.3, -0.25) is 9.59 Å². The lowest BCUT2D eigenvalue weighted by Crippen LogP contribution is -2.46. The van der Waals surface area contributed by atoms with Gasteiger partial charge in [0.05, 0.1) is 42.7 Å². The Morgan fingerprint density at radius 1 is 0.826 bits per heavy atom. The summed E-state index contributed by atoms with van der Waals surface area (Å²) in [5, 5.41) is 11.6. The van der Waals surface area contributed by atoms with Crippen LogP contribution in [0.2, 0.25) is 0 Å². The van der Waals surface area contributed by atoms with Crippen molar-refractivity contribution in [3.8, 4) is 0 Å². The molecule has 0 saturated heterocycles. The molecular formula is C54H87NO14. The number of esters is 2. The number of allylic oxidation sites excluding steroid dienone is 2. The molecule has 16 atom stereocenters. The van der Waals surface area contributed by atoms with Gasteiger partial charge in [-0.2, -0.15) is 0 Å². The molecule has 0 aliphatic carbocycles. The number of ketones is 1. The Hall–Kier alpha value is -3.80. The third-order valence-electron chi connectivity index (χ3n) is 14.0. The number of ether oxygens (including phenoxy) is 9. The lowest BCUT2D eigenvalue weighted by Gasteiger charge is -2.37. The van der Waals surface area contributed by atoms with Crippen LogP contribution in [-0.4, -0.2) is 152 Å². The highest BCUT2D eigenvalue weighted by molar-refractivity contribution is 5.84. The number of carbonyl (C=O) groups is 4. The van der Waals surface area contributed by atoms with Crippen molar-refractivity contribution >= 4 is 24.1 Å². The molecule has 1 amide bonds. The highest BCUT2D eigenvalue weighted by Gasteiger charge is 2.40. The maximum Gasteiger partial charge on any atom is 0.331 e. The van der Waals surface area contributed by atoms with Gasteiger partial charge in [0.25, 0.3) is 0 Å². The molecule has 14 unspecified atom stereocenters. The molecule has 0 radical (unpaired) electrons. The minimum atomic E-state index is -1.08. The van der Waals surface area contributed by atoms with Gasteiger partial charge in [-0.1, -0.05) is 89.6 Å². The lowest BCUT2D eigenvalue weighted by atomic mass is 9.81. The Kier molecular flexibility index (Phi) is 28.6. The van der Waals surface area contributed by atoms with E-state index in [9.17, 15) is 24.3 Å². The number of cyclic esters (lactones) is 1. The van der Waals surface area contributed by atoms with Crippen molar-refractivity contribution in [2.24, 2.45) is 35.5 Å². The van der Waals surface area contributed by atoms with Crippen LogP contribution in [0.3, 0.4) is 0 Å². The number of fused-ring (bicyclic) bond motifs is 2. The number of carbonyl (C=O) groups excluding carboxylic acids is 4. The number of aliphatic hydroxyl groups excluding tert-OH is 1. The topological polar surface area (TPSA) is 175 Å². The van der Waals surface area contributed by atoms with Crippen LogP contribution in [0, 0.1) is 35.5 Å². The van der Waals surface area contributed by atoms with Gasteiger partial charge < -0.3 is 52.6 Å². The van der Waals surface area contributed by atoms with Gasteiger partial charge in [0.15, 0.2) is 0 Å². The van der Waals surface area contributed by atoms with Crippen LogP contribution in [0.5, 0.6) is 0 Å². The van der Waals surface area contributed by atoms with E-state index < -0.39 is 36.4 Å². The Morgan fingerprint density at radius 3 is 2.01 bits per heavy atom. The first-order chi connectivity index (χ1) is 32.8. The van der Waals surface area contributed by atoms with Crippen molar-refractivity contribution in [1.29, 1.82) is 0 Å². The number of rotatable bonds is 19. The normalized spacial score (nSPS) is 32.7. The van der Waals surface area contributed by atoms with E-state index >= 15 is 0 Å². The summed E-state index contributed by atoms with van der Waals surface area (Å²) in [5.41, 5.74) is 1.41. The van der Waals surface area contributed by atoms with E-state index in [0.717, 1.165) is 5.57 Å². The van der Waals surface area contributed by atoms with Crippen LogP contribution in [-0.2, 0) is 61.8 Å².